The first-order valence-electron chi connectivity index (χ1n) is 25.0. The molecule has 2 nitrogen and oxygen atoms in total. The average molecular weight is 768 g/mol. The van der Waals surface area contributed by atoms with Gasteiger partial charge in [0.2, 0.25) is 0 Å². The number of hydrogen-bond acceptors (Lipinski definition) is 2. The molecule has 0 spiro atoms. The van der Waals surface area contributed by atoms with E-state index in [1.54, 1.807) is 65.1 Å². The first-order chi connectivity index (χ1) is 32.2. The molecule has 0 radical (unpaired) electrons. The normalized spacial score (nSPS) is 17.0. The van der Waals surface area contributed by atoms with Crippen molar-refractivity contribution in [1.29, 1.82) is 0 Å². The molecule has 0 saturated heterocycles. The van der Waals surface area contributed by atoms with Gasteiger partial charge in [-0.3, -0.25) is 0 Å². The van der Waals surface area contributed by atoms with Crippen LogP contribution in [0, 0.1) is 3.57 Å². The van der Waals surface area contributed by atoms with Crippen molar-refractivity contribution in [3.8, 4) is 44.9 Å². The molecule has 0 aliphatic rings. The van der Waals surface area contributed by atoms with E-state index in [0.717, 1.165) is 11.6 Å². The van der Waals surface area contributed by atoms with E-state index in [1.165, 1.54) is 4.90 Å². The lowest BCUT2D eigenvalue weighted by Crippen LogP contribution is -2.15. The van der Waals surface area contributed by atoms with Crippen LogP contribution in [0.3, 0.4) is 0 Å². The highest BCUT2D eigenvalue weighted by Crippen LogP contribution is 2.45. The maximum Gasteiger partial charge on any atom is 0.130 e. The molecule has 3 heteroatoms. The summed E-state index contributed by atoms with van der Waals surface area (Å²) in [6.45, 7) is 5.93. The van der Waals surface area contributed by atoms with E-state index >= 15 is 0 Å². The van der Waals surface area contributed by atoms with Gasteiger partial charge in [0.05, 0.1) is 38.8 Å². The quantitative estimate of drug-likeness (QED) is 0.143. The molecule has 0 aliphatic heterocycles. The van der Waals surface area contributed by atoms with Crippen LogP contribution in [-0.4, -0.2) is 0 Å². The minimum absolute atomic E-state index is 0.142. The molecule has 0 heterocycles. The van der Waals surface area contributed by atoms with Crippen LogP contribution >= 0.6 is 22.6 Å². The Morgan fingerprint density at radius 2 is 1.18 bits per heavy atom. The van der Waals surface area contributed by atoms with Gasteiger partial charge in [-0.1, -0.05) is 142 Å². The van der Waals surface area contributed by atoms with E-state index in [-0.39, 0.29) is 14.9 Å². The first-order valence-corrected chi connectivity index (χ1v) is 16.1. The van der Waals surface area contributed by atoms with Crippen LogP contribution in [0.25, 0.3) is 33.4 Å². The van der Waals surface area contributed by atoms with E-state index < -0.39 is 166 Å². The predicted octanol–water partition coefficient (Wildman–Crippen LogP) is 13.9. The number of hydrogen-bond donors (Lipinski definition) is 0. The maximum absolute atomic E-state index is 9.79. The van der Waals surface area contributed by atoms with Crippen LogP contribution in [0.15, 0.2) is 175 Å². The van der Waals surface area contributed by atoms with E-state index in [0.29, 0.717) is 11.1 Å². The minimum Gasteiger partial charge on any atom is -0.457 e. The van der Waals surface area contributed by atoms with Crippen molar-refractivity contribution in [1.82, 2.24) is 0 Å². The minimum atomic E-state index is -0.856. The van der Waals surface area contributed by atoms with Gasteiger partial charge in [0.1, 0.15) is 11.5 Å². The molecular weight excluding hydrogens is 709 g/mol. The molecule has 0 atom stereocenters. The first kappa shape index (κ1) is 16.5. The summed E-state index contributed by atoms with van der Waals surface area (Å²) >= 11 is 1.68. The van der Waals surface area contributed by atoms with Gasteiger partial charge < -0.3 is 9.64 Å². The van der Waals surface area contributed by atoms with Crippen LogP contribution in [0.4, 0.5) is 17.1 Å². The summed E-state index contributed by atoms with van der Waals surface area (Å²) in [5.41, 5.74) is -1.60. The molecule has 7 aromatic carbocycles. The van der Waals surface area contributed by atoms with Gasteiger partial charge in [0.25, 0.3) is 0 Å². The van der Waals surface area contributed by atoms with Gasteiger partial charge >= 0.3 is 0 Å². The van der Waals surface area contributed by atoms with Gasteiger partial charge in [-0.05, 0) is 110 Å². The smallest absolute Gasteiger partial charge is 0.130 e. The SMILES string of the molecule is [2H]c1c([2H])c([2H])c(-c2c([2H])c([2H])c([2H])c(Oc3cc(N(c4ccc(C(C)(C)C)cc4-c4ccccc4)c4c([2H])c([2H])c([2H])c(-c5c([2H])c([2H])c([2H])c([2H])c5[2H])c4[2H])c([2H])c(I)c3[2H])c2[2H])c([2H])c1[2H]. The third-order valence-electron chi connectivity index (χ3n) is 7.32. The summed E-state index contributed by atoms with van der Waals surface area (Å²) in [6.07, 6.45) is 0. The maximum atomic E-state index is 9.79. The molecule has 7 aromatic rings. The number of anilines is 3. The van der Waals surface area contributed by atoms with Gasteiger partial charge in [-0.15, -0.1) is 0 Å². The second-order valence-electron chi connectivity index (χ2n) is 11.7. The Bertz CT molecular complexity index is 3260. The predicted molar refractivity (Wildman–Crippen MR) is 215 cm³/mol. The Labute approximate surface area is 331 Å². The zero-order valence-corrected chi connectivity index (χ0v) is 28.6. The number of rotatable bonds is 8. The molecule has 0 aromatic heterocycles. The third kappa shape index (κ3) is 7.48. The fraction of sp³-hybridized carbons (Fsp3) is 0.0870. The highest BCUT2D eigenvalue weighted by Gasteiger charge is 2.22. The van der Waals surface area contributed by atoms with Crippen LogP contribution in [0.2, 0.25) is 0 Å². The van der Waals surface area contributed by atoms with Crippen molar-refractivity contribution in [2.75, 3.05) is 4.90 Å². The lowest BCUT2D eigenvalue weighted by Gasteiger charge is -2.30. The molecule has 0 unspecified atom stereocenters. The molecule has 0 bridgehead atoms. The molecule has 0 amide bonds. The van der Waals surface area contributed by atoms with Crippen molar-refractivity contribution in [2.24, 2.45) is 0 Å². The van der Waals surface area contributed by atoms with E-state index in [9.17, 15) is 6.85 Å². The Balaban J connectivity index is 1.62. The number of halogens is 1. The summed E-state index contributed by atoms with van der Waals surface area (Å²) in [7, 11) is 0. The second kappa shape index (κ2) is 14.2. The zero-order chi connectivity index (χ0) is 51.2. The van der Waals surface area contributed by atoms with Gasteiger partial charge in [-0.2, -0.15) is 0 Å². The Morgan fingerprint density at radius 3 is 1.86 bits per heavy atom. The van der Waals surface area contributed by atoms with Crippen LogP contribution in [-0.2, 0) is 5.41 Å². The Kier molecular flexibility index (Phi) is 4.77. The van der Waals surface area contributed by atoms with Gasteiger partial charge in [0.15, 0.2) is 0 Å². The van der Waals surface area contributed by atoms with Crippen LogP contribution in [0.1, 0.15) is 53.7 Å². The molecule has 7 rings (SSSR count). The fourth-order valence-corrected chi connectivity index (χ4v) is 5.52. The zero-order valence-electron chi connectivity index (χ0n) is 46.4. The van der Waals surface area contributed by atoms with Crippen LogP contribution in [0.5, 0.6) is 11.5 Å². The van der Waals surface area contributed by atoms with Crippen LogP contribution < -0.4 is 9.64 Å². The highest BCUT2D eigenvalue weighted by molar-refractivity contribution is 14.1. The number of nitrogens with zero attached hydrogens (tertiary/aromatic N) is 1. The lowest BCUT2D eigenvalue weighted by molar-refractivity contribution is 0.482. The summed E-state index contributed by atoms with van der Waals surface area (Å²) in [6, 6.07) is 0.0764. The van der Waals surface area contributed by atoms with E-state index in [4.69, 9.17) is 25.3 Å². The van der Waals surface area contributed by atoms with E-state index in [2.05, 4.69) is 0 Å². The molecule has 0 N–H and O–H groups in total. The lowest BCUT2D eigenvalue weighted by atomic mass is 9.84. The molecule has 0 saturated carbocycles. The van der Waals surface area contributed by atoms with Crippen molar-refractivity contribution < 1.29 is 32.2 Å². The average Bonchev–Trinajstić information content (AvgIpc) is 3.32. The van der Waals surface area contributed by atoms with Gasteiger partial charge in [0, 0.05) is 20.9 Å². The molecule has 0 aliphatic carbocycles. The van der Waals surface area contributed by atoms with Crippen molar-refractivity contribution in [3.05, 3.63) is 185 Å². The summed E-state index contributed by atoms with van der Waals surface area (Å²) in [5, 5.41) is 0. The highest BCUT2D eigenvalue weighted by atomic mass is 127. The third-order valence-corrected chi connectivity index (χ3v) is 7.86. The molecular formula is C46H38INO. The molecule has 0 fully saturated rings. The second-order valence-corrected chi connectivity index (χ2v) is 12.7. The Hall–Kier alpha value is -5.13. The standard InChI is InChI=1S/C46H38INO/c1-46(2,3)38-25-26-45(44(29-38)35-19-11-6-12-20-35)48(40-23-13-21-36(27-40)33-15-7-4-8-16-33)41-30-39(47)31-43(32-41)49-42-24-14-22-37(28-42)34-17-9-5-10-18-34/h4-32H,1-3H3/i4D,5D,7D,8D,9D,10D,13D,14D,15D,16D,17D,18D,21D,22D,23D,24D,27D,28D,30D,31D. The monoisotopic (exact) mass is 767 g/mol. The molecule has 49 heavy (non-hydrogen) atoms. The van der Waals surface area contributed by atoms with Gasteiger partial charge in [-0.25, -0.2) is 0 Å². The van der Waals surface area contributed by atoms with Crippen molar-refractivity contribution in [3.63, 3.8) is 0 Å². The number of benzene rings is 7. The summed E-state index contributed by atoms with van der Waals surface area (Å²) < 4.78 is 182. The van der Waals surface area contributed by atoms with E-state index in [1.807, 2.05) is 26.8 Å². The fourth-order valence-electron chi connectivity index (χ4n) is 4.97. The Morgan fingerprint density at radius 1 is 0.551 bits per heavy atom. The summed E-state index contributed by atoms with van der Waals surface area (Å²) in [5.74, 6) is -1.27. The van der Waals surface area contributed by atoms with Crippen molar-refractivity contribution >= 4 is 39.7 Å². The topological polar surface area (TPSA) is 12.5 Å². The van der Waals surface area contributed by atoms with Crippen molar-refractivity contribution in [2.45, 2.75) is 26.2 Å². The number of ether oxygens (including phenoxy) is 1. The molecule has 240 valence electrons. The summed E-state index contributed by atoms with van der Waals surface area (Å²) in [4.78, 5) is 1.23. The largest absolute Gasteiger partial charge is 0.457 e.